The molecule has 0 fully saturated rings. The second-order valence-corrected chi connectivity index (χ2v) is 7.02. The van der Waals surface area contributed by atoms with Gasteiger partial charge >= 0.3 is 0 Å². The normalized spacial score (nSPS) is 10.8. The van der Waals surface area contributed by atoms with Gasteiger partial charge in [0, 0.05) is 11.6 Å². The number of benzene rings is 2. The summed E-state index contributed by atoms with van der Waals surface area (Å²) >= 11 is 6.07. The first kappa shape index (κ1) is 18.9. The van der Waals surface area contributed by atoms with Crippen molar-refractivity contribution in [2.75, 3.05) is 0 Å². The third kappa shape index (κ3) is 4.20. The summed E-state index contributed by atoms with van der Waals surface area (Å²) in [5, 5.41) is 12.1. The van der Waals surface area contributed by atoms with Gasteiger partial charge in [-0.25, -0.2) is 14.3 Å². The molecule has 0 unspecified atom stereocenters. The molecule has 0 aliphatic rings. The molecule has 146 valence electrons. The third-order valence-corrected chi connectivity index (χ3v) is 4.90. The van der Waals surface area contributed by atoms with Crippen molar-refractivity contribution in [1.82, 2.24) is 29.9 Å². The van der Waals surface area contributed by atoms with Crippen molar-refractivity contribution in [3.8, 4) is 5.69 Å². The summed E-state index contributed by atoms with van der Waals surface area (Å²) in [7, 11) is 0. The molecule has 2 aromatic heterocycles. The molecule has 0 aliphatic carbocycles. The van der Waals surface area contributed by atoms with Crippen molar-refractivity contribution in [1.29, 1.82) is 0 Å². The Labute approximate surface area is 173 Å². The zero-order valence-corrected chi connectivity index (χ0v) is 16.5. The van der Waals surface area contributed by atoms with Gasteiger partial charge in [0.1, 0.15) is 12.7 Å². The Kier molecular flexibility index (Phi) is 5.39. The number of carbonyl (C=O) groups excluding carboxylic acids is 1. The zero-order valence-electron chi connectivity index (χ0n) is 15.8. The van der Waals surface area contributed by atoms with Gasteiger partial charge < -0.3 is 5.32 Å². The Morgan fingerprint density at radius 2 is 1.93 bits per heavy atom. The Morgan fingerprint density at radius 1 is 1.10 bits per heavy atom. The number of rotatable bonds is 6. The number of amides is 1. The van der Waals surface area contributed by atoms with Crippen LogP contribution in [0, 0.1) is 6.92 Å². The molecule has 4 aromatic rings. The second-order valence-electron chi connectivity index (χ2n) is 6.58. The van der Waals surface area contributed by atoms with Crippen LogP contribution in [0.25, 0.3) is 5.69 Å². The fourth-order valence-electron chi connectivity index (χ4n) is 3.14. The Hall–Kier alpha value is -3.45. The highest BCUT2D eigenvalue weighted by molar-refractivity contribution is 6.30. The minimum Gasteiger partial charge on any atom is -0.348 e. The van der Waals surface area contributed by atoms with E-state index in [4.69, 9.17) is 11.6 Å². The maximum Gasteiger partial charge on any atom is 0.255 e. The average Bonchev–Trinajstić information content (AvgIpc) is 3.37. The van der Waals surface area contributed by atoms with Crippen LogP contribution in [0.3, 0.4) is 0 Å². The van der Waals surface area contributed by atoms with Crippen molar-refractivity contribution in [3.05, 3.63) is 94.8 Å². The molecule has 0 radical (unpaired) electrons. The summed E-state index contributed by atoms with van der Waals surface area (Å²) in [6.45, 7) is 2.87. The lowest BCUT2D eigenvalue weighted by molar-refractivity contribution is 0.0950. The van der Waals surface area contributed by atoms with Gasteiger partial charge in [-0.15, -0.1) is 0 Å². The first-order valence-electron chi connectivity index (χ1n) is 9.10. The van der Waals surface area contributed by atoms with E-state index in [-0.39, 0.29) is 5.91 Å². The fourth-order valence-corrected chi connectivity index (χ4v) is 3.33. The van der Waals surface area contributed by atoms with Gasteiger partial charge in [0.15, 0.2) is 0 Å². The van der Waals surface area contributed by atoms with Gasteiger partial charge in [-0.1, -0.05) is 41.9 Å². The number of nitrogens with zero attached hydrogens (tertiary/aromatic N) is 5. The van der Waals surface area contributed by atoms with Crippen LogP contribution in [0.2, 0.25) is 5.02 Å². The lowest BCUT2D eigenvalue weighted by Crippen LogP contribution is -2.24. The van der Waals surface area contributed by atoms with Crippen LogP contribution in [0.15, 0.2) is 67.4 Å². The lowest BCUT2D eigenvalue weighted by atomic mass is 10.1. The molecule has 2 aromatic carbocycles. The molecular weight excluding hydrogens is 388 g/mol. The average molecular weight is 407 g/mol. The van der Waals surface area contributed by atoms with Gasteiger partial charge in [0.2, 0.25) is 0 Å². The van der Waals surface area contributed by atoms with E-state index in [0.29, 0.717) is 23.7 Å². The largest absolute Gasteiger partial charge is 0.348 e. The van der Waals surface area contributed by atoms with E-state index in [1.807, 2.05) is 49.4 Å². The summed E-state index contributed by atoms with van der Waals surface area (Å²) in [4.78, 5) is 16.7. The third-order valence-electron chi connectivity index (χ3n) is 4.66. The van der Waals surface area contributed by atoms with Crippen LogP contribution in [-0.2, 0) is 13.1 Å². The second kappa shape index (κ2) is 8.28. The van der Waals surface area contributed by atoms with Gasteiger partial charge in [-0.2, -0.15) is 10.2 Å². The van der Waals surface area contributed by atoms with Gasteiger partial charge in [-0.05, 0) is 36.2 Å². The minimum absolute atomic E-state index is 0.175. The monoisotopic (exact) mass is 406 g/mol. The quantitative estimate of drug-likeness (QED) is 0.532. The number of hydrogen-bond donors (Lipinski definition) is 1. The fraction of sp³-hybridized carbons (Fsp3) is 0.143. The Morgan fingerprint density at radius 3 is 2.69 bits per heavy atom. The maximum absolute atomic E-state index is 12.8. The van der Waals surface area contributed by atoms with E-state index in [2.05, 4.69) is 20.5 Å². The highest BCUT2D eigenvalue weighted by atomic mass is 35.5. The number of aromatic nitrogens is 5. The molecule has 2 heterocycles. The molecule has 0 bridgehead atoms. The first-order chi connectivity index (χ1) is 14.1. The Bertz CT molecular complexity index is 1140. The van der Waals surface area contributed by atoms with Gasteiger partial charge in [0.25, 0.3) is 5.91 Å². The molecule has 29 heavy (non-hydrogen) atoms. The minimum atomic E-state index is -0.175. The lowest BCUT2D eigenvalue weighted by Gasteiger charge is -2.11. The molecule has 7 nitrogen and oxygen atoms in total. The molecule has 8 heteroatoms. The van der Waals surface area contributed by atoms with Crippen molar-refractivity contribution < 1.29 is 4.79 Å². The predicted molar refractivity (Wildman–Crippen MR) is 110 cm³/mol. The number of carbonyl (C=O) groups is 1. The highest BCUT2D eigenvalue weighted by Crippen LogP contribution is 2.18. The SMILES string of the molecule is Cc1c(C(=O)NCc2ccccc2Cn2cncn2)cnn1-c1cccc(Cl)c1. The van der Waals surface area contributed by atoms with E-state index in [0.717, 1.165) is 22.5 Å². The van der Waals surface area contributed by atoms with Crippen LogP contribution >= 0.6 is 11.6 Å². The smallest absolute Gasteiger partial charge is 0.255 e. The van der Waals surface area contributed by atoms with Gasteiger partial charge in [0.05, 0.1) is 29.7 Å². The molecule has 0 saturated carbocycles. The van der Waals surface area contributed by atoms with Crippen LogP contribution in [0.5, 0.6) is 0 Å². The molecule has 0 atom stereocenters. The summed E-state index contributed by atoms with van der Waals surface area (Å²) in [5.74, 6) is -0.175. The summed E-state index contributed by atoms with van der Waals surface area (Å²) in [5.41, 5.74) is 4.19. The van der Waals surface area contributed by atoms with E-state index in [1.165, 1.54) is 6.33 Å². The molecule has 4 rings (SSSR count). The van der Waals surface area contributed by atoms with E-state index in [9.17, 15) is 4.79 Å². The summed E-state index contributed by atoms with van der Waals surface area (Å²) < 4.78 is 3.46. The topological polar surface area (TPSA) is 77.6 Å². The summed E-state index contributed by atoms with van der Waals surface area (Å²) in [6, 6.07) is 15.3. The van der Waals surface area contributed by atoms with Crippen molar-refractivity contribution >= 4 is 17.5 Å². The highest BCUT2D eigenvalue weighted by Gasteiger charge is 2.15. The van der Waals surface area contributed by atoms with E-state index in [1.54, 1.807) is 28.0 Å². The molecule has 0 saturated heterocycles. The van der Waals surface area contributed by atoms with E-state index >= 15 is 0 Å². The van der Waals surface area contributed by atoms with E-state index < -0.39 is 0 Å². The maximum atomic E-state index is 12.8. The number of halogens is 1. The van der Waals surface area contributed by atoms with Gasteiger partial charge in [-0.3, -0.25) is 4.79 Å². The van der Waals surface area contributed by atoms with Crippen molar-refractivity contribution in [3.63, 3.8) is 0 Å². The standard InChI is InChI=1S/C21H19ClN6O/c1-15-20(11-25-28(15)19-8-4-7-18(22)9-19)21(29)24-10-16-5-2-3-6-17(16)12-27-14-23-13-26-27/h2-9,11,13-14H,10,12H2,1H3,(H,24,29). The van der Waals surface area contributed by atoms with Crippen LogP contribution in [-0.4, -0.2) is 30.5 Å². The Balaban J connectivity index is 1.49. The zero-order chi connectivity index (χ0) is 20.2. The molecule has 0 aliphatic heterocycles. The van der Waals surface area contributed by atoms with Crippen molar-refractivity contribution in [2.24, 2.45) is 0 Å². The number of nitrogens with one attached hydrogen (secondary N) is 1. The van der Waals surface area contributed by atoms with Crippen LogP contribution in [0.1, 0.15) is 27.2 Å². The summed E-state index contributed by atoms with van der Waals surface area (Å²) in [6.07, 6.45) is 4.75. The first-order valence-corrected chi connectivity index (χ1v) is 9.47. The number of hydrogen-bond acceptors (Lipinski definition) is 4. The van der Waals surface area contributed by atoms with Crippen LogP contribution < -0.4 is 5.32 Å². The molecule has 0 spiro atoms. The molecule has 1 N–H and O–H groups in total. The van der Waals surface area contributed by atoms with Crippen molar-refractivity contribution in [2.45, 2.75) is 20.0 Å². The van der Waals surface area contributed by atoms with Crippen LogP contribution in [0.4, 0.5) is 0 Å². The predicted octanol–water partition coefficient (Wildman–Crippen LogP) is 3.40. The molecule has 1 amide bonds. The molecular formula is C21H19ClN6O.